The summed E-state index contributed by atoms with van der Waals surface area (Å²) in [6.45, 7) is 6.27. The summed E-state index contributed by atoms with van der Waals surface area (Å²) in [7, 11) is 6.21. The molecule has 1 aromatic heterocycles. The number of aromatic nitrogens is 2. The fraction of sp³-hybridized carbons (Fsp3) is 0.750. The van der Waals surface area contributed by atoms with Crippen molar-refractivity contribution in [3.05, 3.63) is 17.5 Å². The molecule has 1 heterocycles. The highest BCUT2D eigenvalue weighted by Crippen LogP contribution is 2.02. The molecule has 0 aliphatic heterocycles. The Bertz CT molecular complexity index is 317. The van der Waals surface area contributed by atoms with E-state index in [1.807, 2.05) is 18.7 Å². The first-order chi connectivity index (χ1) is 7.49. The Morgan fingerprint density at radius 1 is 1.50 bits per heavy atom. The molecule has 1 rings (SSSR count). The van der Waals surface area contributed by atoms with Gasteiger partial charge >= 0.3 is 0 Å². The number of aryl methyl sites for hydroxylation is 2. The molecule has 0 spiro atoms. The van der Waals surface area contributed by atoms with Crippen LogP contribution in [0.3, 0.4) is 0 Å². The van der Waals surface area contributed by atoms with Crippen molar-refractivity contribution in [2.75, 3.05) is 20.6 Å². The van der Waals surface area contributed by atoms with Crippen LogP contribution in [0.1, 0.15) is 24.7 Å². The van der Waals surface area contributed by atoms with Crippen LogP contribution >= 0.6 is 0 Å². The first-order valence-electron chi connectivity index (χ1n) is 5.86. The molecule has 0 radical (unpaired) electrons. The third kappa shape index (κ3) is 4.33. The molecule has 0 fully saturated rings. The summed E-state index contributed by atoms with van der Waals surface area (Å²) in [4.78, 5) is 2.21. The Balaban J connectivity index is 2.31. The highest BCUT2D eigenvalue weighted by atomic mass is 15.3. The number of hydrogen-bond donors (Lipinski definition) is 1. The molecule has 1 atom stereocenters. The molecule has 4 heteroatoms. The van der Waals surface area contributed by atoms with Gasteiger partial charge in [-0.15, -0.1) is 0 Å². The molecule has 92 valence electrons. The summed E-state index contributed by atoms with van der Waals surface area (Å²) in [5.41, 5.74) is 2.33. The van der Waals surface area contributed by atoms with Gasteiger partial charge in [-0.2, -0.15) is 5.10 Å². The van der Waals surface area contributed by atoms with Crippen LogP contribution in [0.5, 0.6) is 0 Å². The van der Waals surface area contributed by atoms with Crippen LogP contribution in [0, 0.1) is 6.92 Å². The summed E-state index contributed by atoms with van der Waals surface area (Å²) in [6.07, 6.45) is 1.17. The van der Waals surface area contributed by atoms with Crippen molar-refractivity contribution in [3.8, 4) is 0 Å². The predicted octanol–water partition coefficient (Wildman–Crippen LogP) is 1.16. The van der Waals surface area contributed by atoms with E-state index in [2.05, 4.69) is 42.4 Å². The summed E-state index contributed by atoms with van der Waals surface area (Å²) in [5, 5.41) is 7.85. The van der Waals surface area contributed by atoms with E-state index in [-0.39, 0.29) is 0 Å². The van der Waals surface area contributed by atoms with Gasteiger partial charge in [0.05, 0.1) is 11.4 Å². The zero-order valence-corrected chi connectivity index (χ0v) is 11.1. The third-order valence-electron chi connectivity index (χ3n) is 2.74. The Labute approximate surface area is 98.6 Å². The van der Waals surface area contributed by atoms with Gasteiger partial charge in [-0.05, 0) is 47.0 Å². The van der Waals surface area contributed by atoms with Gasteiger partial charge in [-0.1, -0.05) is 0 Å². The normalized spacial score (nSPS) is 13.4. The number of rotatable bonds is 6. The number of hydrogen-bond acceptors (Lipinski definition) is 3. The highest BCUT2D eigenvalue weighted by molar-refractivity contribution is 5.08. The standard InChI is InChI=1S/C12H24N4/c1-10(6-7-15(3)4)13-9-12-8-11(2)14-16(12)5/h8,10,13H,6-7,9H2,1-5H3. The Hall–Kier alpha value is -0.870. The van der Waals surface area contributed by atoms with Gasteiger partial charge in [0.2, 0.25) is 0 Å². The van der Waals surface area contributed by atoms with Crippen molar-refractivity contribution in [1.82, 2.24) is 20.0 Å². The molecule has 1 N–H and O–H groups in total. The fourth-order valence-electron chi connectivity index (χ4n) is 1.66. The van der Waals surface area contributed by atoms with Crippen LogP contribution in [0.4, 0.5) is 0 Å². The maximum Gasteiger partial charge on any atom is 0.0597 e. The Morgan fingerprint density at radius 2 is 2.19 bits per heavy atom. The Morgan fingerprint density at radius 3 is 2.69 bits per heavy atom. The molecule has 4 nitrogen and oxygen atoms in total. The molecule has 0 aromatic carbocycles. The van der Waals surface area contributed by atoms with Crippen LogP contribution in [0.25, 0.3) is 0 Å². The van der Waals surface area contributed by atoms with Crippen LogP contribution in [-0.4, -0.2) is 41.4 Å². The molecular weight excluding hydrogens is 200 g/mol. The van der Waals surface area contributed by atoms with Gasteiger partial charge in [0.15, 0.2) is 0 Å². The fourth-order valence-corrected chi connectivity index (χ4v) is 1.66. The maximum absolute atomic E-state index is 4.33. The van der Waals surface area contributed by atoms with Gasteiger partial charge in [-0.25, -0.2) is 0 Å². The Kier molecular flexibility index (Phi) is 4.96. The quantitative estimate of drug-likeness (QED) is 0.787. The molecular formula is C12H24N4. The van der Waals surface area contributed by atoms with Gasteiger partial charge in [0.1, 0.15) is 0 Å². The second-order valence-corrected chi connectivity index (χ2v) is 4.77. The van der Waals surface area contributed by atoms with E-state index < -0.39 is 0 Å². The summed E-state index contributed by atoms with van der Waals surface area (Å²) < 4.78 is 1.95. The minimum atomic E-state index is 0.539. The molecule has 0 saturated heterocycles. The minimum Gasteiger partial charge on any atom is -0.309 e. The molecule has 0 bridgehead atoms. The van der Waals surface area contributed by atoms with E-state index in [0.717, 1.165) is 18.8 Å². The van der Waals surface area contributed by atoms with E-state index in [4.69, 9.17) is 0 Å². The average molecular weight is 224 g/mol. The van der Waals surface area contributed by atoms with E-state index in [0.29, 0.717) is 6.04 Å². The van der Waals surface area contributed by atoms with E-state index in [1.165, 1.54) is 12.1 Å². The second-order valence-electron chi connectivity index (χ2n) is 4.77. The maximum atomic E-state index is 4.33. The lowest BCUT2D eigenvalue weighted by molar-refractivity contribution is 0.364. The van der Waals surface area contributed by atoms with Gasteiger partial charge in [0, 0.05) is 19.6 Å². The lowest BCUT2D eigenvalue weighted by Gasteiger charge is -2.16. The SMILES string of the molecule is Cc1cc(CNC(C)CCN(C)C)n(C)n1. The monoisotopic (exact) mass is 224 g/mol. The largest absolute Gasteiger partial charge is 0.309 e. The third-order valence-corrected chi connectivity index (χ3v) is 2.74. The topological polar surface area (TPSA) is 33.1 Å². The van der Waals surface area contributed by atoms with Crippen molar-refractivity contribution in [2.45, 2.75) is 32.9 Å². The average Bonchev–Trinajstić information content (AvgIpc) is 2.51. The van der Waals surface area contributed by atoms with Crippen LogP contribution in [-0.2, 0) is 13.6 Å². The molecule has 1 unspecified atom stereocenters. The van der Waals surface area contributed by atoms with Crippen LogP contribution in [0.15, 0.2) is 6.07 Å². The number of nitrogens with zero attached hydrogens (tertiary/aromatic N) is 3. The van der Waals surface area contributed by atoms with Crippen molar-refractivity contribution in [2.24, 2.45) is 7.05 Å². The highest BCUT2D eigenvalue weighted by Gasteiger charge is 2.05. The molecule has 0 saturated carbocycles. The van der Waals surface area contributed by atoms with E-state index in [9.17, 15) is 0 Å². The van der Waals surface area contributed by atoms with Crippen LogP contribution < -0.4 is 5.32 Å². The van der Waals surface area contributed by atoms with Gasteiger partial charge in [0.25, 0.3) is 0 Å². The van der Waals surface area contributed by atoms with Gasteiger partial charge in [-0.3, -0.25) is 4.68 Å². The van der Waals surface area contributed by atoms with Gasteiger partial charge < -0.3 is 10.2 Å². The van der Waals surface area contributed by atoms with Crippen molar-refractivity contribution in [3.63, 3.8) is 0 Å². The molecule has 0 aliphatic carbocycles. The molecule has 0 aliphatic rings. The van der Waals surface area contributed by atoms with Crippen molar-refractivity contribution < 1.29 is 0 Å². The first kappa shape index (κ1) is 13.2. The van der Waals surface area contributed by atoms with E-state index >= 15 is 0 Å². The first-order valence-corrected chi connectivity index (χ1v) is 5.86. The molecule has 16 heavy (non-hydrogen) atoms. The lowest BCUT2D eigenvalue weighted by Crippen LogP contribution is -2.30. The predicted molar refractivity (Wildman–Crippen MR) is 67.4 cm³/mol. The molecule has 1 aromatic rings. The van der Waals surface area contributed by atoms with Crippen molar-refractivity contribution >= 4 is 0 Å². The lowest BCUT2D eigenvalue weighted by atomic mass is 10.2. The minimum absolute atomic E-state index is 0.539. The smallest absolute Gasteiger partial charge is 0.0597 e. The van der Waals surface area contributed by atoms with E-state index in [1.54, 1.807) is 0 Å². The summed E-state index contributed by atoms with van der Waals surface area (Å²) >= 11 is 0. The zero-order chi connectivity index (χ0) is 12.1. The second kappa shape index (κ2) is 6.01. The van der Waals surface area contributed by atoms with Crippen molar-refractivity contribution in [1.29, 1.82) is 0 Å². The van der Waals surface area contributed by atoms with Crippen LogP contribution in [0.2, 0.25) is 0 Å². The summed E-state index contributed by atoms with van der Waals surface area (Å²) in [6, 6.07) is 2.67. The number of nitrogens with one attached hydrogen (secondary N) is 1. The summed E-state index contributed by atoms with van der Waals surface area (Å²) in [5.74, 6) is 0. The zero-order valence-electron chi connectivity index (χ0n) is 11.1. The molecule has 0 amide bonds.